The first kappa shape index (κ1) is 16.1. The van der Waals surface area contributed by atoms with Crippen LogP contribution in [0.3, 0.4) is 0 Å². The molecular weight excluding hydrogens is 340 g/mol. The van der Waals surface area contributed by atoms with E-state index in [0.717, 1.165) is 17.1 Å². The zero-order chi connectivity index (χ0) is 16.4. The number of anilines is 1. The molecule has 7 heteroatoms. The van der Waals surface area contributed by atoms with Crippen LogP contribution in [-0.2, 0) is 0 Å². The van der Waals surface area contributed by atoms with Gasteiger partial charge in [0.15, 0.2) is 0 Å². The molecule has 0 bridgehead atoms. The van der Waals surface area contributed by atoms with Gasteiger partial charge in [-0.1, -0.05) is 12.1 Å². The molecule has 1 amide bonds. The number of phenols is 1. The van der Waals surface area contributed by atoms with E-state index in [2.05, 4.69) is 5.32 Å². The van der Waals surface area contributed by atoms with Crippen LogP contribution < -0.4 is 5.32 Å². The molecule has 1 fully saturated rings. The van der Waals surface area contributed by atoms with Gasteiger partial charge >= 0.3 is 0 Å². The van der Waals surface area contributed by atoms with Crippen molar-refractivity contribution < 1.29 is 18.7 Å². The van der Waals surface area contributed by atoms with Crippen molar-refractivity contribution >= 4 is 35.1 Å². The number of halogens is 2. The molecule has 0 spiro atoms. The SMILES string of the molecule is O=C(Nc1cccc(C2SCCS2)c1)c1c(O)cc(F)cc1F. The van der Waals surface area contributed by atoms with Gasteiger partial charge in [-0.15, -0.1) is 23.5 Å². The fourth-order valence-corrected chi connectivity index (χ4v) is 5.13. The van der Waals surface area contributed by atoms with Crippen molar-refractivity contribution in [3.05, 3.63) is 59.2 Å². The third-order valence-electron chi connectivity index (χ3n) is 3.30. The summed E-state index contributed by atoms with van der Waals surface area (Å²) in [5.41, 5.74) is 1.00. The summed E-state index contributed by atoms with van der Waals surface area (Å²) in [5.74, 6) is -1.41. The van der Waals surface area contributed by atoms with E-state index in [-0.39, 0.29) is 0 Å². The van der Waals surface area contributed by atoms with Gasteiger partial charge in [0.2, 0.25) is 0 Å². The normalized spacial score (nSPS) is 14.9. The number of benzene rings is 2. The fourth-order valence-electron chi connectivity index (χ4n) is 2.29. The van der Waals surface area contributed by atoms with E-state index in [9.17, 15) is 18.7 Å². The molecule has 0 unspecified atom stereocenters. The lowest BCUT2D eigenvalue weighted by molar-refractivity contribution is 0.102. The molecule has 0 atom stereocenters. The molecule has 0 aromatic heterocycles. The Hall–Kier alpha value is -1.73. The molecule has 0 aliphatic carbocycles. The van der Waals surface area contributed by atoms with Crippen molar-refractivity contribution in [1.29, 1.82) is 0 Å². The van der Waals surface area contributed by atoms with Crippen LogP contribution in [0.25, 0.3) is 0 Å². The van der Waals surface area contributed by atoms with Crippen LogP contribution in [0, 0.1) is 11.6 Å². The topological polar surface area (TPSA) is 49.3 Å². The van der Waals surface area contributed by atoms with Gasteiger partial charge in [-0.25, -0.2) is 8.78 Å². The summed E-state index contributed by atoms with van der Waals surface area (Å²) in [6.07, 6.45) is 0. The van der Waals surface area contributed by atoms with Gasteiger partial charge in [-0.3, -0.25) is 4.79 Å². The summed E-state index contributed by atoms with van der Waals surface area (Å²) in [6.45, 7) is 0. The summed E-state index contributed by atoms with van der Waals surface area (Å²) in [7, 11) is 0. The van der Waals surface area contributed by atoms with Crippen LogP contribution in [0.1, 0.15) is 20.5 Å². The van der Waals surface area contributed by atoms with Gasteiger partial charge in [0, 0.05) is 29.3 Å². The third-order valence-corrected chi connectivity index (χ3v) is 6.40. The smallest absolute Gasteiger partial charge is 0.262 e. The molecule has 2 aromatic rings. The van der Waals surface area contributed by atoms with Crippen LogP contribution in [0.2, 0.25) is 0 Å². The van der Waals surface area contributed by atoms with Gasteiger partial charge in [0.05, 0.1) is 4.58 Å². The Morgan fingerprint density at radius 2 is 1.91 bits per heavy atom. The van der Waals surface area contributed by atoms with Crippen molar-refractivity contribution in [2.24, 2.45) is 0 Å². The lowest BCUT2D eigenvalue weighted by atomic mass is 10.1. The van der Waals surface area contributed by atoms with Crippen molar-refractivity contribution in [3.63, 3.8) is 0 Å². The van der Waals surface area contributed by atoms with E-state index in [1.54, 1.807) is 6.07 Å². The highest BCUT2D eigenvalue weighted by atomic mass is 32.2. The number of thioether (sulfide) groups is 2. The quantitative estimate of drug-likeness (QED) is 0.859. The lowest BCUT2D eigenvalue weighted by Crippen LogP contribution is -2.14. The molecule has 1 aliphatic heterocycles. The van der Waals surface area contributed by atoms with Crippen LogP contribution >= 0.6 is 23.5 Å². The van der Waals surface area contributed by atoms with Crippen LogP contribution in [0.5, 0.6) is 5.75 Å². The molecule has 120 valence electrons. The first-order valence-corrected chi connectivity index (χ1v) is 8.97. The highest BCUT2D eigenvalue weighted by Gasteiger charge is 2.21. The second kappa shape index (κ2) is 6.80. The molecule has 1 heterocycles. The minimum atomic E-state index is -1.10. The predicted octanol–water partition coefficient (Wildman–Crippen LogP) is 4.40. The molecule has 3 rings (SSSR count). The standard InChI is InChI=1S/C16H13F2NO2S2/c17-10-7-12(18)14(13(20)8-10)15(21)19-11-3-1-2-9(6-11)16-22-4-5-23-16/h1-3,6-8,16,20H,4-5H2,(H,19,21). The Morgan fingerprint density at radius 3 is 2.61 bits per heavy atom. The lowest BCUT2D eigenvalue weighted by Gasteiger charge is -2.12. The van der Waals surface area contributed by atoms with Crippen molar-refractivity contribution in [2.45, 2.75) is 4.58 Å². The van der Waals surface area contributed by atoms with E-state index in [1.807, 2.05) is 41.7 Å². The van der Waals surface area contributed by atoms with Crippen molar-refractivity contribution in [2.75, 3.05) is 16.8 Å². The first-order chi connectivity index (χ1) is 11.0. The monoisotopic (exact) mass is 353 g/mol. The van der Waals surface area contributed by atoms with Gasteiger partial charge < -0.3 is 10.4 Å². The number of nitrogens with one attached hydrogen (secondary N) is 1. The molecule has 1 aliphatic rings. The highest BCUT2D eigenvalue weighted by molar-refractivity contribution is 8.19. The van der Waals surface area contributed by atoms with Crippen molar-refractivity contribution in [1.82, 2.24) is 0 Å². The van der Waals surface area contributed by atoms with Crippen LogP contribution in [-0.4, -0.2) is 22.5 Å². The minimum absolute atomic E-state index is 0.322. The number of phenolic OH excluding ortho intramolecular Hbond substituents is 1. The Kier molecular flexibility index (Phi) is 4.77. The van der Waals surface area contributed by atoms with E-state index in [0.29, 0.717) is 22.4 Å². The highest BCUT2D eigenvalue weighted by Crippen LogP contribution is 2.45. The second-order valence-electron chi connectivity index (χ2n) is 4.93. The number of hydrogen-bond donors (Lipinski definition) is 2. The average molecular weight is 353 g/mol. The van der Waals surface area contributed by atoms with E-state index in [4.69, 9.17) is 0 Å². The molecule has 23 heavy (non-hydrogen) atoms. The second-order valence-corrected chi connectivity index (χ2v) is 7.66. The maximum absolute atomic E-state index is 13.7. The summed E-state index contributed by atoms with van der Waals surface area (Å²) in [5, 5.41) is 12.1. The zero-order valence-corrected chi connectivity index (χ0v) is 13.5. The molecule has 1 saturated heterocycles. The summed E-state index contributed by atoms with van der Waals surface area (Å²) in [4.78, 5) is 12.2. The molecule has 0 saturated carbocycles. The van der Waals surface area contributed by atoms with E-state index < -0.39 is 28.9 Å². The van der Waals surface area contributed by atoms with Gasteiger partial charge in [0.25, 0.3) is 5.91 Å². The fraction of sp³-hybridized carbons (Fsp3) is 0.188. The minimum Gasteiger partial charge on any atom is -0.507 e. The summed E-state index contributed by atoms with van der Waals surface area (Å²) in [6, 6.07) is 8.57. The van der Waals surface area contributed by atoms with Crippen LogP contribution in [0.4, 0.5) is 14.5 Å². The number of carbonyl (C=O) groups is 1. The van der Waals surface area contributed by atoms with Gasteiger partial charge in [-0.2, -0.15) is 0 Å². The molecule has 0 radical (unpaired) electrons. The number of carbonyl (C=O) groups excluding carboxylic acids is 1. The molecule has 3 nitrogen and oxygen atoms in total. The number of rotatable bonds is 3. The maximum atomic E-state index is 13.7. The average Bonchev–Trinajstić information content (AvgIpc) is 3.00. The van der Waals surface area contributed by atoms with E-state index in [1.165, 1.54) is 0 Å². The van der Waals surface area contributed by atoms with E-state index >= 15 is 0 Å². The van der Waals surface area contributed by atoms with Gasteiger partial charge in [0.1, 0.15) is 22.9 Å². The van der Waals surface area contributed by atoms with Gasteiger partial charge in [-0.05, 0) is 17.7 Å². The molecule has 2 aromatic carbocycles. The Morgan fingerprint density at radius 1 is 1.17 bits per heavy atom. The van der Waals surface area contributed by atoms with Crippen LogP contribution in [0.15, 0.2) is 36.4 Å². The number of hydrogen-bond acceptors (Lipinski definition) is 4. The summed E-state index contributed by atoms with van der Waals surface area (Å²) >= 11 is 3.67. The first-order valence-electron chi connectivity index (χ1n) is 6.87. The summed E-state index contributed by atoms with van der Waals surface area (Å²) < 4.78 is 27.0. The largest absolute Gasteiger partial charge is 0.507 e. The number of aromatic hydroxyl groups is 1. The zero-order valence-electron chi connectivity index (χ0n) is 11.9. The Balaban J connectivity index is 1.82. The molecule has 2 N–H and O–H groups in total. The predicted molar refractivity (Wildman–Crippen MR) is 90.1 cm³/mol. The third kappa shape index (κ3) is 3.61. The number of amides is 1. The van der Waals surface area contributed by atoms with Crippen molar-refractivity contribution in [3.8, 4) is 5.75 Å². The maximum Gasteiger partial charge on any atom is 0.262 e. The molecular formula is C16H13F2NO2S2. The Labute approximate surface area is 140 Å². The Bertz CT molecular complexity index is 726.